The highest BCUT2D eigenvalue weighted by Gasteiger charge is 2.75. The monoisotopic (exact) mass is 525 g/mol. The molecule has 3 fully saturated rings. The van der Waals surface area contributed by atoms with Gasteiger partial charge >= 0.3 is 0 Å². The Hall–Kier alpha value is -1.78. The van der Waals surface area contributed by atoms with Crippen molar-refractivity contribution in [3.8, 4) is 5.75 Å². The van der Waals surface area contributed by atoms with Gasteiger partial charge in [-0.15, -0.1) is 11.8 Å². The number of nitrogens with zero attached hydrogens (tertiary/aromatic N) is 1. The summed E-state index contributed by atoms with van der Waals surface area (Å²) in [6.45, 7) is 0.400. The number of aliphatic hydroxyl groups excluding tert-OH is 1. The number of methoxy groups -OCH3 is 1. The number of likely N-dealkylation sites (tertiary alicyclic amines) is 1. The lowest BCUT2D eigenvalue weighted by Crippen LogP contribution is -2.53. The largest absolute Gasteiger partial charge is 0.497 e. The Morgan fingerprint density at radius 1 is 1.28 bits per heavy atom. The molecule has 0 radical (unpaired) electrons. The maximum absolute atomic E-state index is 13.6. The number of fused-ring (bicyclic) bond motifs is 1. The van der Waals surface area contributed by atoms with Gasteiger partial charge in [0.15, 0.2) is 0 Å². The minimum Gasteiger partial charge on any atom is -0.497 e. The average Bonchev–Trinajstić information content (AvgIpc) is 3.37. The quantitative estimate of drug-likeness (QED) is 0.351. The van der Waals surface area contributed by atoms with Gasteiger partial charge in [0.1, 0.15) is 11.8 Å². The zero-order valence-corrected chi connectivity index (χ0v) is 20.4. The second kappa shape index (κ2) is 9.23. The Balaban J connectivity index is 1.67. The van der Waals surface area contributed by atoms with Crippen LogP contribution in [0.25, 0.3) is 0 Å². The summed E-state index contributed by atoms with van der Waals surface area (Å²) in [6.07, 6.45) is 1.78. The van der Waals surface area contributed by atoms with Crippen molar-refractivity contribution in [3.05, 3.63) is 24.3 Å². The summed E-state index contributed by atoms with van der Waals surface area (Å²) in [5, 5.41) is 14.8. The van der Waals surface area contributed by atoms with E-state index in [-0.39, 0.29) is 34.4 Å². The van der Waals surface area contributed by atoms with Crippen LogP contribution in [-0.2, 0) is 14.4 Å². The Morgan fingerprint density at radius 2 is 2.00 bits per heavy atom. The average molecular weight is 526 g/mol. The predicted molar refractivity (Wildman–Crippen MR) is 126 cm³/mol. The molecule has 10 heteroatoms. The molecule has 32 heavy (non-hydrogen) atoms. The number of halogens is 1. The molecule has 1 aromatic carbocycles. The van der Waals surface area contributed by atoms with Gasteiger partial charge in [-0.2, -0.15) is 0 Å². The van der Waals surface area contributed by atoms with E-state index in [1.165, 1.54) is 0 Å². The minimum atomic E-state index is -0.689. The second-order valence-corrected chi connectivity index (χ2v) is 11.2. The molecule has 2 bridgehead atoms. The predicted octanol–water partition coefficient (Wildman–Crippen LogP) is 1.62. The number of carbonyl (C=O) groups is 3. The van der Waals surface area contributed by atoms with Gasteiger partial charge in [-0.05, 0) is 43.5 Å². The van der Waals surface area contributed by atoms with Gasteiger partial charge in [-0.3, -0.25) is 14.4 Å². The van der Waals surface area contributed by atoms with Crippen molar-refractivity contribution in [2.45, 2.75) is 40.1 Å². The van der Waals surface area contributed by atoms with E-state index in [9.17, 15) is 19.5 Å². The number of nitrogens with one attached hydrogen (secondary N) is 2. The Bertz CT molecular complexity index is 900. The first kappa shape index (κ1) is 23.4. The Labute approximate surface area is 199 Å². The van der Waals surface area contributed by atoms with Crippen molar-refractivity contribution in [2.75, 3.05) is 32.6 Å². The van der Waals surface area contributed by atoms with Gasteiger partial charge in [0, 0.05) is 36.0 Å². The van der Waals surface area contributed by atoms with Crippen molar-refractivity contribution in [2.24, 2.45) is 11.8 Å². The summed E-state index contributed by atoms with van der Waals surface area (Å²) in [6, 6.07) is 6.37. The molecule has 4 rings (SSSR count). The van der Waals surface area contributed by atoms with E-state index in [0.29, 0.717) is 37.2 Å². The highest BCUT2D eigenvalue weighted by molar-refractivity contribution is 9.09. The van der Waals surface area contributed by atoms with E-state index in [2.05, 4.69) is 26.6 Å². The molecule has 174 valence electrons. The van der Waals surface area contributed by atoms with Crippen LogP contribution >= 0.6 is 27.7 Å². The van der Waals surface area contributed by atoms with Crippen molar-refractivity contribution in [3.63, 3.8) is 0 Å². The molecule has 0 aliphatic carbocycles. The first-order valence-corrected chi connectivity index (χ1v) is 12.6. The van der Waals surface area contributed by atoms with E-state index < -0.39 is 22.6 Å². The van der Waals surface area contributed by atoms with Crippen LogP contribution in [0.1, 0.15) is 19.3 Å². The van der Waals surface area contributed by atoms with E-state index in [0.717, 1.165) is 0 Å². The third-order valence-electron chi connectivity index (χ3n) is 6.75. The number of carbonyl (C=O) groups excluding carboxylic acids is 3. The van der Waals surface area contributed by atoms with Gasteiger partial charge in [-0.25, -0.2) is 0 Å². The highest BCUT2D eigenvalue weighted by Crippen LogP contribution is 2.67. The molecule has 6 atom stereocenters. The molecule has 3 aliphatic rings. The van der Waals surface area contributed by atoms with Crippen LogP contribution < -0.4 is 15.4 Å². The molecule has 3 N–H and O–H groups in total. The smallest absolute Gasteiger partial charge is 0.248 e. The van der Waals surface area contributed by atoms with E-state index in [4.69, 9.17) is 4.74 Å². The molecule has 3 unspecified atom stereocenters. The number of unbranched alkanes of at least 4 members (excludes halogenated alkanes) is 1. The maximum Gasteiger partial charge on any atom is 0.248 e. The summed E-state index contributed by atoms with van der Waals surface area (Å²) in [5.74, 6) is -0.870. The van der Waals surface area contributed by atoms with Crippen LogP contribution in [0, 0.1) is 11.8 Å². The molecule has 0 aromatic heterocycles. The molecular weight excluding hydrogens is 498 g/mol. The lowest BCUT2D eigenvalue weighted by Gasteiger charge is -2.35. The number of aliphatic hydroxyl groups is 1. The fourth-order valence-corrected chi connectivity index (χ4v) is 9.03. The first-order chi connectivity index (χ1) is 15.4. The third-order valence-corrected chi connectivity index (χ3v) is 9.97. The summed E-state index contributed by atoms with van der Waals surface area (Å²) in [5.41, 5.74) is 0.620. The second-order valence-electron chi connectivity index (χ2n) is 8.46. The van der Waals surface area contributed by atoms with Crippen molar-refractivity contribution in [1.29, 1.82) is 0 Å². The van der Waals surface area contributed by atoms with Crippen LogP contribution in [0.4, 0.5) is 5.69 Å². The van der Waals surface area contributed by atoms with Crippen molar-refractivity contribution < 1.29 is 24.2 Å². The van der Waals surface area contributed by atoms with E-state index >= 15 is 0 Å². The first-order valence-electron chi connectivity index (χ1n) is 10.8. The maximum atomic E-state index is 13.6. The number of alkyl halides is 1. The van der Waals surface area contributed by atoms with Gasteiger partial charge < -0.3 is 25.4 Å². The fourth-order valence-electron chi connectivity index (χ4n) is 5.42. The number of ether oxygens (including phenoxy) is 1. The van der Waals surface area contributed by atoms with Crippen molar-refractivity contribution in [1.82, 2.24) is 10.2 Å². The van der Waals surface area contributed by atoms with Crippen LogP contribution in [0.3, 0.4) is 0 Å². The highest BCUT2D eigenvalue weighted by atomic mass is 79.9. The summed E-state index contributed by atoms with van der Waals surface area (Å²) < 4.78 is 4.52. The number of hydrogen-bond acceptors (Lipinski definition) is 6. The Kier molecular flexibility index (Phi) is 6.74. The zero-order chi connectivity index (χ0) is 23.0. The van der Waals surface area contributed by atoms with Crippen LogP contribution in [-0.4, -0.2) is 75.9 Å². The van der Waals surface area contributed by atoms with Crippen LogP contribution in [0.2, 0.25) is 0 Å². The van der Waals surface area contributed by atoms with Crippen LogP contribution in [0.5, 0.6) is 5.75 Å². The molecule has 3 amide bonds. The number of thioether (sulfide) groups is 1. The normalized spacial score (nSPS) is 32.7. The number of hydrogen-bond donors (Lipinski definition) is 3. The third kappa shape index (κ3) is 3.70. The molecule has 1 aromatic rings. The number of rotatable bonds is 8. The molecule has 1 spiro atoms. The van der Waals surface area contributed by atoms with E-state index in [1.54, 1.807) is 55.1 Å². The molecular formula is C22H28BrN3O5S. The van der Waals surface area contributed by atoms with Gasteiger partial charge in [-0.1, -0.05) is 15.9 Å². The van der Waals surface area contributed by atoms with Gasteiger partial charge in [0.05, 0.1) is 23.7 Å². The Morgan fingerprint density at radius 3 is 2.62 bits per heavy atom. The molecule has 3 aliphatic heterocycles. The van der Waals surface area contributed by atoms with Crippen molar-refractivity contribution >= 4 is 51.1 Å². The number of amides is 3. The fraction of sp³-hybridized carbons (Fsp3) is 0.591. The van der Waals surface area contributed by atoms with Crippen LogP contribution in [0.15, 0.2) is 24.3 Å². The summed E-state index contributed by atoms with van der Waals surface area (Å²) >= 11 is 5.33. The molecule has 8 nitrogen and oxygen atoms in total. The number of benzene rings is 1. The van der Waals surface area contributed by atoms with Gasteiger partial charge in [0.2, 0.25) is 17.7 Å². The summed E-state index contributed by atoms with van der Waals surface area (Å²) in [7, 11) is 3.16. The standard InChI is InChI=1S/C22H28BrN3O5S/c1-24-19(28)15-16-21(30)26(9-3-4-10-27)18(22(16)11-14(23)17(15)32-22)20(29)25-12-5-7-13(31-2)8-6-12/h5-8,14-18,27H,3-4,9-11H2,1-2H3,(H,24,28)(H,25,29)/t14?,15-,16-,17-,18?,22?/m0/s1. The minimum absolute atomic E-state index is 0.0283. The number of anilines is 1. The zero-order valence-electron chi connectivity index (χ0n) is 18.0. The molecule has 3 saturated heterocycles. The SMILES string of the molecule is CNC(=O)[C@H]1[C@H]2C(=O)N(CCCCO)C(C(=O)Nc3ccc(OC)cc3)C23CC(Br)[C@@H]1S3. The molecule has 0 saturated carbocycles. The molecule has 3 heterocycles. The van der Waals surface area contributed by atoms with Gasteiger partial charge in [0.25, 0.3) is 0 Å². The lowest BCUT2D eigenvalue weighted by atomic mass is 9.70. The van der Waals surface area contributed by atoms with E-state index in [1.807, 2.05) is 0 Å². The summed E-state index contributed by atoms with van der Waals surface area (Å²) in [4.78, 5) is 41.7. The lowest BCUT2D eigenvalue weighted by molar-refractivity contribution is -0.139. The topological polar surface area (TPSA) is 108 Å².